The normalized spacial score (nSPS) is 11.4. The third kappa shape index (κ3) is 7.63. The molecule has 4 aromatic rings. The van der Waals surface area contributed by atoms with Crippen molar-refractivity contribution in [1.82, 2.24) is 9.97 Å². The summed E-state index contributed by atoms with van der Waals surface area (Å²) in [5.41, 5.74) is 3.15. The minimum absolute atomic E-state index is 0.0294. The second kappa shape index (κ2) is 13.5. The summed E-state index contributed by atoms with van der Waals surface area (Å²) in [5, 5.41) is 6.59. The zero-order valence-corrected chi connectivity index (χ0v) is 24.3. The van der Waals surface area contributed by atoms with Crippen molar-refractivity contribution < 1.29 is 27.4 Å². The molecule has 0 atom stereocenters. The zero-order valence-electron chi connectivity index (χ0n) is 24.3. The number of aromatic nitrogens is 2. The number of rotatable bonds is 12. The number of nitrogens with zero attached hydrogens (tertiary/aromatic N) is 2. The summed E-state index contributed by atoms with van der Waals surface area (Å²) in [4.78, 5) is 9.21. The Hall–Kier alpha value is -4.47. The first-order valence-electron chi connectivity index (χ1n) is 13.5. The lowest BCUT2D eigenvalue weighted by molar-refractivity contribution is -0.138. The van der Waals surface area contributed by atoms with Crippen molar-refractivity contribution in [1.29, 1.82) is 0 Å². The SMILES string of the molecule is COc1ccc(CNc2ncc(Cc3cc(C(F)(F)F)c(OC)cc3C(C)C)c(NCc3ccc(OC)cc3)n2)cc1. The van der Waals surface area contributed by atoms with E-state index in [9.17, 15) is 13.2 Å². The molecule has 10 heteroatoms. The first-order chi connectivity index (χ1) is 20.1. The fraction of sp³-hybridized carbons (Fsp3) is 0.312. The predicted molar refractivity (Wildman–Crippen MR) is 158 cm³/mol. The molecule has 0 spiro atoms. The Kier molecular flexibility index (Phi) is 9.77. The van der Waals surface area contributed by atoms with Crippen LogP contribution in [0.4, 0.5) is 24.9 Å². The van der Waals surface area contributed by atoms with Gasteiger partial charge in [-0.1, -0.05) is 38.1 Å². The summed E-state index contributed by atoms with van der Waals surface area (Å²) in [7, 11) is 4.47. The zero-order chi connectivity index (χ0) is 30.3. The minimum Gasteiger partial charge on any atom is -0.497 e. The van der Waals surface area contributed by atoms with Crippen LogP contribution >= 0.6 is 0 Å². The summed E-state index contributed by atoms with van der Waals surface area (Å²) in [6, 6.07) is 17.9. The number of benzene rings is 3. The fourth-order valence-corrected chi connectivity index (χ4v) is 4.55. The second-order valence-electron chi connectivity index (χ2n) is 10.1. The average Bonchev–Trinajstić information content (AvgIpc) is 2.99. The van der Waals surface area contributed by atoms with Gasteiger partial charge >= 0.3 is 6.18 Å². The van der Waals surface area contributed by atoms with Crippen molar-refractivity contribution in [2.24, 2.45) is 0 Å². The Balaban J connectivity index is 1.66. The van der Waals surface area contributed by atoms with Gasteiger partial charge in [-0.25, -0.2) is 4.98 Å². The highest BCUT2D eigenvalue weighted by molar-refractivity contribution is 5.53. The lowest BCUT2D eigenvalue weighted by Gasteiger charge is -2.20. The molecule has 4 rings (SSSR count). The van der Waals surface area contributed by atoms with E-state index >= 15 is 0 Å². The largest absolute Gasteiger partial charge is 0.497 e. The predicted octanol–water partition coefficient (Wildman–Crippen LogP) is 7.46. The number of alkyl halides is 3. The monoisotopic (exact) mass is 580 g/mol. The van der Waals surface area contributed by atoms with Gasteiger partial charge in [0, 0.05) is 31.3 Å². The molecular weight excluding hydrogens is 545 g/mol. The summed E-state index contributed by atoms with van der Waals surface area (Å²) in [6.45, 7) is 4.81. The van der Waals surface area contributed by atoms with Crippen LogP contribution in [-0.2, 0) is 25.7 Å². The van der Waals surface area contributed by atoms with Crippen LogP contribution < -0.4 is 24.8 Å². The summed E-state index contributed by atoms with van der Waals surface area (Å²) >= 11 is 0. The van der Waals surface area contributed by atoms with Crippen molar-refractivity contribution in [2.75, 3.05) is 32.0 Å². The third-order valence-electron chi connectivity index (χ3n) is 6.86. The molecule has 1 aromatic heterocycles. The van der Waals surface area contributed by atoms with E-state index in [1.807, 2.05) is 62.4 Å². The van der Waals surface area contributed by atoms with Crippen molar-refractivity contribution >= 4 is 11.8 Å². The molecule has 3 aromatic carbocycles. The minimum atomic E-state index is -4.56. The molecule has 42 heavy (non-hydrogen) atoms. The van der Waals surface area contributed by atoms with E-state index in [1.54, 1.807) is 20.4 Å². The highest BCUT2D eigenvalue weighted by Gasteiger charge is 2.35. The molecule has 0 bridgehead atoms. The summed E-state index contributed by atoms with van der Waals surface area (Å²) < 4.78 is 57.3. The van der Waals surface area contributed by atoms with Crippen LogP contribution in [-0.4, -0.2) is 31.3 Å². The van der Waals surface area contributed by atoms with Crippen molar-refractivity contribution in [2.45, 2.75) is 45.5 Å². The maximum Gasteiger partial charge on any atom is 0.419 e. The average molecular weight is 581 g/mol. The van der Waals surface area contributed by atoms with Crippen molar-refractivity contribution in [3.8, 4) is 17.2 Å². The molecule has 0 unspecified atom stereocenters. The number of ether oxygens (including phenoxy) is 3. The summed E-state index contributed by atoms with van der Waals surface area (Å²) in [6.07, 6.45) is -2.71. The maximum absolute atomic E-state index is 13.9. The van der Waals surface area contributed by atoms with Gasteiger partial charge in [0.15, 0.2) is 0 Å². The van der Waals surface area contributed by atoms with Gasteiger partial charge < -0.3 is 24.8 Å². The summed E-state index contributed by atoms with van der Waals surface area (Å²) in [5.74, 6) is 2.20. The van der Waals surface area contributed by atoms with Crippen LogP contribution in [0.2, 0.25) is 0 Å². The first kappa shape index (κ1) is 30.5. The number of methoxy groups -OCH3 is 3. The van der Waals surface area contributed by atoms with Gasteiger partial charge in [0.2, 0.25) is 5.95 Å². The highest BCUT2D eigenvalue weighted by atomic mass is 19.4. The van der Waals surface area contributed by atoms with Crippen LogP contribution in [0.3, 0.4) is 0 Å². The third-order valence-corrected chi connectivity index (χ3v) is 6.86. The Morgan fingerprint density at radius 3 is 1.83 bits per heavy atom. The second-order valence-corrected chi connectivity index (χ2v) is 10.1. The van der Waals surface area contributed by atoms with Gasteiger partial charge in [-0.3, -0.25) is 0 Å². The number of hydrogen-bond donors (Lipinski definition) is 2. The van der Waals surface area contributed by atoms with Gasteiger partial charge in [-0.15, -0.1) is 0 Å². The van der Waals surface area contributed by atoms with E-state index < -0.39 is 11.7 Å². The fourth-order valence-electron chi connectivity index (χ4n) is 4.55. The van der Waals surface area contributed by atoms with Gasteiger partial charge in [0.05, 0.1) is 26.9 Å². The molecule has 222 valence electrons. The molecule has 0 radical (unpaired) electrons. The van der Waals surface area contributed by atoms with Crippen LogP contribution in [0.15, 0.2) is 66.9 Å². The van der Waals surface area contributed by atoms with Gasteiger partial charge in [0.1, 0.15) is 23.1 Å². The van der Waals surface area contributed by atoms with E-state index in [4.69, 9.17) is 19.2 Å². The molecule has 0 amide bonds. The van der Waals surface area contributed by atoms with Crippen LogP contribution in [0.25, 0.3) is 0 Å². The van der Waals surface area contributed by atoms with Gasteiger partial charge in [-0.2, -0.15) is 18.2 Å². The van der Waals surface area contributed by atoms with E-state index in [0.29, 0.717) is 36.0 Å². The Labute approximate surface area is 244 Å². The van der Waals surface area contributed by atoms with Crippen LogP contribution in [0.1, 0.15) is 53.1 Å². The highest BCUT2D eigenvalue weighted by Crippen LogP contribution is 2.40. The number of nitrogens with one attached hydrogen (secondary N) is 2. The molecule has 1 heterocycles. The number of anilines is 2. The van der Waals surface area contributed by atoms with Gasteiger partial charge in [0.25, 0.3) is 0 Å². The molecular formula is C32H35F3N4O3. The van der Waals surface area contributed by atoms with Gasteiger partial charge in [-0.05, 0) is 64.6 Å². The molecule has 0 fully saturated rings. The molecule has 0 aliphatic heterocycles. The maximum atomic E-state index is 13.9. The van der Waals surface area contributed by atoms with Crippen molar-refractivity contribution in [3.05, 3.63) is 100 Å². The van der Waals surface area contributed by atoms with E-state index in [-0.39, 0.29) is 18.1 Å². The van der Waals surface area contributed by atoms with Crippen LogP contribution in [0, 0.1) is 0 Å². The first-order valence-corrected chi connectivity index (χ1v) is 13.5. The van der Waals surface area contributed by atoms with E-state index in [1.165, 1.54) is 19.2 Å². The number of hydrogen-bond acceptors (Lipinski definition) is 7. The Morgan fingerprint density at radius 1 is 0.762 bits per heavy atom. The lowest BCUT2D eigenvalue weighted by Crippen LogP contribution is -2.13. The Morgan fingerprint density at radius 2 is 1.33 bits per heavy atom. The lowest BCUT2D eigenvalue weighted by atomic mass is 9.91. The van der Waals surface area contributed by atoms with E-state index in [0.717, 1.165) is 28.2 Å². The standard InChI is InChI=1S/C32H35F3N4O3/c1-20(2)27-16-29(42-5)28(32(33,34)35)15-23(27)14-24-19-38-31(37-18-22-8-12-26(41-4)13-9-22)39-30(24)36-17-21-6-10-25(40-3)11-7-21/h6-13,15-16,19-20H,14,17-18H2,1-5H3,(H2,36,37,38,39). The quantitative estimate of drug-likeness (QED) is 0.180. The van der Waals surface area contributed by atoms with E-state index in [2.05, 4.69) is 15.6 Å². The molecule has 0 aliphatic carbocycles. The molecule has 2 N–H and O–H groups in total. The smallest absolute Gasteiger partial charge is 0.419 e. The molecule has 7 nitrogen and oxygen atoms in total. The number of halogens is 3. The topological polar surface area (TPSA) is 77.5 Å². The molecule has 0 saturated carbocycles. The Bertz CT molecular complexity index is 1470. The molecule has 0 aliphatic rings. The van der Waals surface area contributed by atoms with Crippen LogP contribution in [0.5, 0.6) is 17.2 Å². The molecule has 0 saturated heterocycles. The van der Waals surface area contributed by atoms with Crippen molar-refractivity contribution in [3.63, 3.8) is 0 Å².